The van der Waals surface area contributed by atoms with Crippen LogP contribution in [0.1, 0.15) is 20.8 Å². The van der Waals surface area contributed by atoms with Gasteiger partial charge in [0.2, 0.25) is 0 Å². The van der Waals surface area contributed by atoms with E-state index in [1.807, 2.05) is 29.6 Å². The van der Waals surface area contributed by atoms with Crippen molar-refractivity contribution in [2.24, 2.45) is 0 Å². The Morgan fingerprint density at radius 1 is 1.03 bits per heavy atom. The first-order valence-electron chi connectivity index (χ1n) is 8.71. The molecule has 0 aliphatic rings. The highest BCUT2D eigenvalue weighted by atomic mass is 32.2. The van der Waals surface area contributed by atoms with Gasteiger partial charge in [-0.05, 0) is 41.3 Å². The van der Waals surface area contributed by atoms with E-state index in [2.05, 4.69) is 16.1 Å². The van der Waals surface area contributed by atoms with Gasteiger partial charge in [-0.1, -0.05) is 30.3 Å². The van der Waals surface area contributed by atoms with Crippen LogP contribution in [0.4, 0.5) is 13.2 Å². The molecule has 1 aromatic heterocycles. The molecular formula is C21H18F3NO2S2. The number of nitrogens with one attached hydrogen (secondary N) is 1. The number of hydrogen-bond donors (Lipinski definition) is 1. The molecule has 0 saturated heterocycles. The molecule has 152 valence electrons. The Labute approximate surface area is 174 Å². The molecule has 0 atom stereocenters. The molecule has 29 heavy (non-hydrogen) atoms. The summed E-state index contributed by atoms with van der Waals surface area (Å²) in [5.74, 6) is 0.728. The smallest absolute Gasteiger partial charge is 0.422 e. The number of alkyl halides is 3. The predicted molar refractivity (Wildman–Crippen MR) is 109 cm³/mol. The lowest BCUT2D eigenvalue weighted by molar-refractivity contribution is -0.153. The van der Waals surface area contributed by atoms with Gasteiger partial charge in [-0.3, -0.25) is 4.79 Å². The maximum absolute atomic E-state index is 12.6. The van der Waals surface area contributed by atoms with Gasteiger partial charge in [0.1, 0.15) is 5.75 Å². The second-order valence-electron chi connectivity index (χ2n) is 6.09. The first-order chi connectivity index (χ1) is 13.9. The number of thioether (sulfide) groups is 1. The number of rotatable bonds is 8. The van der Waals surface area contributed by atoms with Crippen LogP contribution in [0.3, 0.4) is 0 Å². The number of hydrogen-bond acceptors (Lipinski definition) is 4. The van der Waals surface area contributed by atoms with E-state index < -0.39 is 12.8 Å². The fourth-order valence-electron chi connectivity index (χ4n) is 2.47. The largest absolute Gasteiger partial charge is 0.484 e. The standard InChI is InChI=1S/C21H18F3NO2S2/c22-21(23,24)14-27-16-9-7-15(8-10-16)12-25-20(26)18-5-1-2-6-19(18)29-13-17-4-3-11-28-17/h1-11H,12-14H2,(H,25,26). The van der Waals surface area contributed by atoms with E-state index in [0.29, 0.717) is 5.56 Å². The van der Waals surface area contributed by atoms with Gasteiger partial charge in [0, 0.05) is 22.1 Å². The van der Waals surface area contributed by atoms with Crippen LogP contribution in [0, 0.1) is 0 Å². The monoisotopic (exact) mass is 437 g/mol. The second-order valence-corrected chi connectivity index (χ2v) is 8.14. The van der Waals surface area contributed by atoms with E-state index >= 15 is 0 Å². The maximum atomic E-state index is 12.6. The fraction of sp³-hybridized carbons (Fsp3) is 0.190. The molecule has 0 saturated carbocycles. The number of amides is 1. The van der Waals surface area contributed by atoms with Gasteiger partial charge < -0.3 is 10.1 Å². The summed E-state index contributed by atoms with van der Waals surface area (Å²) in [4.78, 5) is 14.7. The van der Waals surface area contributed by atoms with Crippen molar-refractivity contribution in [1.82, 2.24) is 5.32 Å². The Hall–Kier alpha value is -2.45. The number of halogens is 3. The van der Waals surface area contributed by atoms with Gasteiger partial charge in [0.15, 0.2) is 6.61 Å². The summed E-state index contributed by atoms with van der Waals surface area (Å²) in [6, 6.07) is 17.6. The minimum atomic E-state index is -4.37. The van der Waals surface area contributed by atoms with Crippen LogP contribution in [-0.4, -0.2) is 18.7 Å². The molecule has 3 rings (SSSR count). The van der Waals surface area contributed by atoms with Crippen LogP contribution in [0.15, 0.2) is 70.9 Å². The van der Waals surface area contributed by atoms with E-state index in [1.54, 1.807) is 41.3 Å². The number of carbonyl (C=O) groups excluding carboxylic acids is 1. The molecule has 0 aliphatic carbocycles. The van der Waals surface area contributed by atoms with E-state index in [1.165, 1.54) is 17.0 Å². The van der Waals surface area contributed by atoms with Crippen molar-refractivity contribution in [2.45, 2.75) is 23.4 Å². The minimum Gasteiger partial charge on any atom is -0.484 e. The SMILES string of the molecule is O=C(NCc1ccc(OCC(F)(F)F)cc1)c1ccccc1SCc1cccs1. The molecule has 1 N–H and O–H groups in total. The normalized spacial score (nSPS) is 11.3. The zero-order valence-electron chi connectivity index (χ0n) is 15.2. The third-order valence-corrected chi connectivity index (χ3v) is 6.04. The lowest BCUT2D eigenvalue weighted by atomic mass is 10.2. The van der Waals surface area contributed by atoms with E-state index in [0.717, 1.165) is 16.2 Å². The van der Waals surface area contributed by atoms with Gasteiger partial charge in [-0.2, -0.15) is 13.2 Å². The van der Waals surface area contributed by atoms with Gasteiger partial charge in [0.25, 0.3) is 5.91 Å². The zero-order valence-corrected chi connectivity index (χ0v) is 16.9. The lowest BCUT2D eigenvalue weighted by Crippen LogP contribution is -2.23. The van der Waals surface area contributed by atoms with Crippen LogP contribution in [0.5, 0.6) is 5.75 Å². The van der Waals surface area contributed by atoms with E-state index in [9.17, 15) is 18.0 Å². The van der Waals surface area contributed by atoms with Gasteiger partial charge >= 0.3 is 6.18 Å². The van der Waals surface area contributed by atoms with Crippen LogP contribution in [0.2, 0.25) is 0 Å². The molecule has 0 bridgehead atoms. The Morgan fingerprint density at radius 2 is 1.79 bits per heavy atom. The van der Waals surface area contributed by atoms with Gasteiger partial charge in [0.05, 0.1) is 5.56 Å². The average molecular weight is 438 g/mol. The topological polar surface area (TPSA) is 38.3 Å². The maximum Gasteiger partial charge on any atom is 0.422 e. The van der Waals surface area contributed by atoms with E-state index in [-0.39, 0.29) is 18.2 Å². The summed E-state index contributed by atoms with van der Waals surface area (Å²) in [6.45, 7) is -1.06. The predicted octanol–water partition coefficient (Wildman–Crippen LogP) is 5.91. The van der Waals surface area contributed by atoms with Crippen LogP contribution >= 0.6 is 23.1 Å². The van der Waals surface area contributed by atoms with Crippen molar-refractivity contribution in [3.8, 4) is 5.75 Å². The second kappa shape index (κ2) is 9.84. The summed E-state index contributed by atoms with van der Waals surface area (Å²) in [7, 11) is 0. The molecular weight excluding hydrogens is 419 g/mol. The fourth-order valence-corrected chi connectivity index (χ4v) is 4.29. The molecule has 8 heteroatoms. The van der Waals surface area contributed by atoms with Crippen LogP contribution < -0.4 is 10.1 Å². The number of benzene rings is 2. The third-order valence-electron chi connectivity index (χ3n) is 3.86. The van der Waals surface area contributed by atoms with E-state index in [4.69, 9.17) is 0 Å². The Kier molecular flexibility index (Phi) is 7.22. The molecule has 0 aliphatic heterocycles. The summed E-state index contributed by atoms with van der Waals surface area (Å²) < 4.78 is 41.2. The van der Waals surface area contributed by atoms with Crippen LogP contribution in [0.25, 0.3) is 0 Å². The molecule has 2 aromatic carbocycles. The highest BCUT2D eigenvalue weighted by Crippen LogP contribution is 2.28. The Balaban J connectivity index is 1.55. The molecule has 1 heterocycles. The first kappa shape index (κ1) is 21.3. The summed E-state index contributed by atoms with van der Waals surface area (Å²) in [6.07, 6.45) is -4.37. The molecule has 0 unspecified atom stereocenters. The Morgan fingerprint density at radius 3 is 2.48 bits per heavy atom. The number of thiophene rings is 1. The molecule has 0 radical (unpaired) electrons. The average Bonchev–Trinajstić information content (AvgIpc) is 3.23. The molecule has 3 aromatic rings. The molecule has 0 spiro atoms. The van der Waals surface area contributed by atoms with Gasteiger partial charge in [-0.25, -0.2) is 0 Å². The van der Waals surface area contributed by atoms with Crippen molar-refractivity contribution >= 4 is 29.0 Å². The molecule has 3 nitrogen and oxygen atoms in total. The Bertz CT molecular complexity index is 926. The highest BCUT2D eigenvalue weighted by molar-refractivity contribution is 7.98. The van der Waals surface area contributed by atoms with Crippen molar-refractivity contribution in [2.75, 3.05) is 6.61 Å². The minimum absolute atomic E-state index is 0.132. The van der Waals surface area contributed by atoms with Crippen molar-refractivity contribution in [3.63, 3.8) is 0 Å². The molecule has 1 amide bonds. The van der Waals surface area contributed by atoms with Crippen molar-refractivity contribution in [3.05, 3.63) is 82.0 Å². The summed E-state index contributed by atoms with van der Waals surface area (Å²) in [5.41, 5.74) is 1.36. The number of carbonyl (C=O) groups is 1. The summed E-state index contributed by atoms with van der Waals surface area (Å²) in [5, 5.41) is 4.88. The van der Waals surface area contributed by atoms with Crippen molar-refractivity contribution < 1.29 is 22.7 Å². The lowest BCUT2D eigenvalue weighted by Gasteiger charge is -2.11. The van der Waals surface area contributed by atoms with Gasteiger partial charge in [-0.15, -0.1) is 23.1 Å². The van der Waals surface area contributed by atoms with Crippen molar-refractivity contribution in [1.29, 1.82) is 0 Å². The highest BCUT2D eigenvalue weighted by Gasteiger charge is 2.28. The quantitative estimate of drug-likeness (QED) is 0.445. The summed E-state index contributed by atoms with van der Waals surface area (Å²) >= 11 is 3.28. The third kappa shape index (κ3) is 6.83. The molecule has 0 fully saturated rings. The number of ether oxygens (including phenoxy) is 1. The first-order valence-corrected chi connectivity index (χ1v) is 10.6. The zero-order chi connectivity index (χ0) is 20.7. The van der Waals surface area contributed by atoms with Crippen LogP contribution in [-0.2, 0) is 12.3 Å².